The molecule has 2 unspecified atom stereocenters. The van der Waals surface area contributed by atoms with E-state index < -0.39 is 0 Å². The van der Waals surface area contributed by atoms with Crippen molar-refractivity contribution in [3.63, 3.8) is 0 Å². The smallest absolute Gasteiger partial charge is 0.263 e. The molecule has 186 valence electrons. The highest BCUT2D eigenvalue weighted by Crippen LogP contribution is 2.33. The highest BCUT2D eigenvalue weighted by atomic mass is 32.1. The summed E-state index contributed by atoms with van der Waals surface area (Å²) in [4.78, 5) is 26.3. The van der Waals surface area contributed by atoms with Crippen molar-refractivity contribution in [1.82, 2.24) is 9.97 Å². The van der Waals surface area contributed by atoms with Gasteiger partial charge >= 0.3 is 0 Å². The number of nitrogens with zero attached hydrogens (tertiary/aromatic N) is 4. The number of likely N-dealkylation sites (N-methyl/N-ethyl adjacent to an activating group) is 1. The summed E-state index contributed by atoms with van der Waals surface area (Å²) in [6.07, 6.45) is 4.86. The molecule has 35 heavy (non-hydrogen) atoms. The van der Waals surface area contributed by atoms with E-state index in [2.05, 4.69) is 46.0 Å². The molecule has 0 spiro atoms. The number of hydrogen-bond donors (Lipinski definition) is 1. The molecule has 3 heterocycles. The molecule has 0 saturated carbocycles. The quantitative estimate of drug-likeness (QED) is 0.373. The first-order chi connectivity index (χ1) is 17.0. The van der Waals surface area contributed by atoms with Crippen molar-refractivity contribution in [2.24, 2.45) is 5.92 Å². The van der Waals surface area contributed by atoms with E-state index in [0.29, 0.717) is 36.3 Å². The van der Waals surface area contributed by atoms with Gasteiger partial charge in [0.1, 0.15) is 23.2 Å². The number of aromatic nitrogens is 2. The lowest BCUT2D eigenvalue weighted by Gasteiger charge is -2.24. The number of carbonyl (C=O) groups excluding carboxylic acids is 1. The lowest BCUT2D eigenvalue weighted by molar-refractivity contribution is 0.0989. The predicted molar refractivity (Wildman–Crippen MR) is 144 cm³/mol. The summed E-state index contributed by atoms with van der Waals surface area (Å²) in [6, 6.07) is 10.0. The van der Waals surface area contributed by atoms with E-state index in [1.165, 1.54) is 12.0 Å². The van der Waals surface area contributed by atoms with Crippen molar-refractivity contribution in [2.45, 2.75) is 46.1 Å². The monoisotopic (exact) mass is 493 g/mol. The molecule has 3 aromatic rings. The number of fused-ring (bicyclic) bond motifs is 1. The maximum atomic E-state index is 13.5. The summed E-state index contributed by atoms with van der Waals surface area (Å²) in [7, 11) is 1.96. The van der Waals surface area contributed by atoms with Crippen molar-refractivity contribution in [3.8, 4) is 5.75 Å². The second kappa shape index (κ2) is 11.5. The van der Waals surface area contributed by atoms with Crippen LogP contribution in [0.3, 0.4) is 0 Å². The topological polar surface area (TPSA) is 70.6 Å². The number of nitrogens with one attached hydrogen (secondary N) is 1. The van der Waals surface area contributed by atoms with Gasteiger partial charge in [-0.1, -0.05) is 26.3 Å². The van der Waals surface area contributed by atoms with Crippen LogP contribution in [0.1, 0.15) is 62.1 Å². The van der Waals surface area contributed by atoms with Crippen LogP contribution in [0.4, 0.5) is 17.5 Å². The highest BCUT2D eigenvalue weighted by molar-refractivity contribution is 7.07. The van der Waals surface area contributed by atoms with Crippen molar-refractivity contribution >= 4 is 34.7 Å². The van der Waals surface area contributed by atoms with Crippen LogP contribution < -0.4 is 19.9 Å². The number of carbonyl (C=O) groups is 1. The minimum atomic E-state index is -0.101. The number of thiophene rings is 1. The minimum absolute atomic E-state index is 0.00455. The van der Waals surface area contributed by atoms with Crippen LogP contribution in [0.5, 0.6) is 5.75 Å². The molecule has 4 rings (SSSR count). The van der Waals surface area contributed by atoms with E-state index in [1.54, 1.807) is 22.4 Å². The average Bonchev–Trinajstić information content (AvgIpc) is 3.37. The molecule has 1 amide bonds. The molecule has 0 bridgehead atoms. The number of ether oxygens (including phenoxy) is 1. The third-order valence-electron chi connectivity index (χ3n) is 6.54. The molecule has 0 fully saturated rings. The normalized spacial score (nSPS) is 15.4. The molecule has 0 aliphatic carbocycles. The summed E-state index contributed by atoms with van der Waals surface area (Å²) in [5.41, 5.74) is 2.52. The fraction of sp³-hybridized carbons (Fsp3) is 0.444. The molecule has 0 radical (unpaired) electrons. The Morgan fingerprint density at radius 2 is 2.06 bits per heavy atom. The largest absolute Gasteiger partial charge is 0.486 e. The first kappa shape index (κ1) is 25.0. The molecule has 7 nitrogen and oxygen atoms in total. The fourth-order valence-electron chi connectivity index (χ4n) is 4.19. The van der Waals surface area contributed by atoms with Gasteiger partial charge in [-0.3, -0.25) is 4.79 Å². The van der Waals surface area contributed by atoms with Crippen LogP contribution >= 0.6 is 11.3 Å². The molecule has 2 aromatic heterocycles. The number of hydrogen-bond acceptors (Lipinski definition) is 7. The van der Waals surface area contributed by atoms with Crippen LogP contribution in [0.2, 0.25) is 0 Å². The van der Waals surface area contributed by atoms with Gasteiger partial charge in [-0.15, -0.1) is 0 Å². The van der Waals surface area contributed by atoms with E-state index in [4.69, 9.17) is 4.74 Å². The summed E-state index contributed by atoms with van der Waals surface area (Å²) in [5, 5.41) is 7.39. The SMILES string of the molecule is CCNc1ncc2c(n1)N(C)CCN(c1cccc(OC(CCC(C)CC)c3ccsc3)c1)C2=O. The molecule has 0 saturated heterocycles. The van der Waals surface area contributed by atoms with Crippen molar-refractivity contribution < 1.29 is 9.53 Å². The van der Waals surface area contributed by atoms with Gasteiger partial charge in [-0.2, -0.15) is 16.3 Å². The van der Waals surface area contributed by atoms with Gasteiger partial charge in [0.15, 0.2) is 0 Å². The van der Waals surface area contributed by atoms with Crippen molar-refractivity contribution in [2.75, 3.05) is 41.8 Å². The van der Waals surface area contributed by atoms with E-state index in [1.807, 2.05) is 43.1 Å². The summed E-state index contributed by atoms with van der Waals surface area (Å²) in [5.74, 6) is 2.51. The van der Waals surface area contributed by atoms with Crippen LogP contribution in [-0.2, 0) is 0 Å². The Morgan fingerprint density at radius 3 is 2.80 bits per heavy atom. The number of anilines is 3. The maximum Gasteiger partial charge on any atom is 0.263 e. The lowest BCUT2D eigenvalue weighted by atomic mass is 9.98. The standard InChI is InChI=1S/C27H35N5O2S/c1-5-19(3)10-11-24(20-12-15-35-18-20)34-22-9-7-8-21(16-22)32-14-13-31(4)25-23(26(32)33)17-29-27(30-25)28-6-2/h7-9,12,15-19,24H,5-6,10-11,13-14H2,1-4H3,(H,28,29,30). The highest BCUT2D eigenvalue weighted by Gasteiger charge is 2.28. The van der Waals surface area contributed by atoms with Gasteiger partial charge in [-0.05, 0) is 54.6 Å². The Balaban J connectivity index is 1.57. The molecule has 1 aliphatic heterocycles. The molecule has 1 N–H and O–H groups in total. The molecule has 2 atom stereocenters. The van der Waals surface area contributed by atoms with Gasteiger partial charge in [0.25, 0.3) is 5.91 Å². The first-order valence-corrected chi connectivity index (χ1v) is 13.4. The van der Waals surface area contributed by atoms with E-state index in [0.717, 1.165) is 30.8 Å². The van der Waals surface area contributed by atoms with Gasteiger partial charge in [0.2, 0.25) is 5.95 Å². The number of rotatable bonds is 10. The van der Waals surface area contributed by atoms with Crippen LogP contribution in [0.15, 0.2) is 47.3 Å². The predicted octanol–water partition coefficient (Wildman–Crippen LogP) is 6.01. The van der Waals surface area contributed by atoms with Crippen LogP contribution in [-0.4, -0.2) is 42.6 Å². The van der Waals surface area contributed by atoms with Gasteiger partial charge in [0, 0.05) is 50.2 Å². The molecular weight excluding hydrogens is 458 g/mol. The third-order valence-corrected chi connectivity index (χ3v) is 7.24. The Hall–Kier alpha value is -3.13. The molecule has 1 aliphatic rings. The minimum Gasteiger partial charge on any atom is -0.486 e. The zero-order chi connectivity index (χ0) is 24.8. The summed E-state index contributed by atoms with van der Waals surface area (Å²) >= 11 is 1.69. The first-order valence-electron chi connectivity index (χ1n) is 12.4. The van der Waals surface area contributed by atoms with E-state index >= 15 is 0 Å². The Morgan fingerprint density at radius 1 is 1.20 bits per heavy atom. The second-order valence-electron chi connectivity index (χ2n) is 9.09. The van der Waals surface area contributed by atoms with Gasteiger partial charge in [0.05, 0.1) is 0 Å². The zero-order valence-electron chi connectivity index (χ0n) is 21.0. The number of amides is 1. The maximum absolute atomic E-state index is 13.5. The number of benzene rings is 1. The molecule has 8 heteroatoms. The summed E-state index contributed by atoms with van der Waals surface area (Å²) < 4.78 is 6.51. The molecular formula is C27H35N5O2S. The summed E-state index contributed by atoms with van der Waals surface area (Å²) in [6.45, 7) is 8.45. The van der Waals surface area contributed by atoms with Crippen LogP contribution in [0, 0.1) is 5.92 Å². The van der Waals surface area contributed by atoms with E-state index in [-0.39, 0.29) is 12.0 Å². The average molecular weight is 494 g/mol. The Bertz CT molecular complexity index is 1120. The molecule has 1 aromatic carbocycles. The van der Waals surface area contributed by atoms with Crippen LogP contribution in [0.25, 0.3) is 0 Å². The van der Waals surface area contributed by atoms with E-state index in [9.17, 15) is 4.79 Å². The lowest BCUT2D eigenvalue weighted by Crippen LogP contribution is -2.33. The zero-order valence-corrected chi connectivity index (χ0v) is 21.8. The fourth-order valence-corrected chi connectivity index (χ4v) is 4.89. The Labute approximate surface area is 212 Å². The van der Waals surface area contributed by atoms with Crippen molar-refractivity contribution in [3.05, 3.63) is 58.4 Å². The van der Waals surface area contributed by atoms with Crippen molar-refractivity contribution in [1.29, 1.82) is 0 Å². The van der Waals surface area contributed by atoms with Gasteiger partial charge < -0.3 is 19.9 Å². The van der Waals surface area contributed by atoms with Gasteiger partial charge in [-0.25, -0.2) is 4.98 Å². The second-order valence-corrected chi connectivity index (χ2v) is 9.87. The third kappa shape index (κ3) is 5.93. The Kier molecular flexibility index (Phi) is 8.23.